The SMILES string of the molecule is C.COc1nc(C2=NC(c3ccc(F)c(F)c3)CON2)ccc1-n1cnc(C)c1.COc1nc(C2=NC(c3ccc(F)c(F)c3)CON2)ccc1Br.Cc1cnc[nH]1. The lowest BCUT2D eigenvalue weighted by atomic mass is 10.1. The summed E-state index contributed by atoms with van der Waals surface area (Å²) >= 11 is 3.32. The molecule has 2 aromatic carbocycles. The van der Waals surface area contributed by atoms with Crippen molar-refractivity contribution in [1.29, 1.82) is 0 Å². The van der Waals surface area contributed by atoms with Gasteiger partial charge >= 0.3 is 0 Å². The van der Waals surface area contributed by atoms with Gasteiger partial charge in [-0.15, -0.1) is 0 Å². The highest BCUT2D eigenvalue weighted by Gasteiger charge is 2.23. The van der Waals surface area contributed by atoms with Gasteiger partial charge in [0.15, 0.2) is 34.9 Å². The minimum Gasteiger partial charge on any atom is -0.480 e. The van der Waals surface area contributed by atoms with E-state index in [4.69, 9.17) is 19.1 Å². The lowest BCUT2D eigenvalue weighted by molar-refractivity contribution is 0.0619. The number of aliphatic imine (C=N–C) groups is 2. The highest BCUT2D eigenvalue weighted by molar-refractivity contribution is 9.10. The second-order valence-electron chi connectivity index (χ2n) is 12.2. The fourth-order valence-corrected chi connectivity index (χ4v) is 5.71. The maximum Gasteiger partial charge on any atom is 0.238 e. The average Bonchev–Trinajstić information content (AvgIpc) is 3.91. The minimum atomic E-state index is -0.924. The van der Waals surface area contributed by atoms with Crippen LogP contribution < -0.4 is 20.4 Å². The molecule has 6 aromatic rings. The molecule has 3 N–H and O–H groups in total. The second-order valence-corrected chi connectivity index (χ2v) is 13.1. The molecule has 0 bridgehead atoms. The van der Waals surface area contributed by atoms with Gasteiger partial charge in [-0.2, -0.15) is 0 Å². The number of imidazole rings is 2. The molecule has 0 aliphatic carbocycles. The van der Waals surface area contributed by atoms with Crippen molar-refractivity contribution in [2.45, 2.75) is 33.4 Å². The van der Waals surface area contributed by atoms with E-state index in [1.54, 1.807) is 37.1 Å². The third-order valence-corrected chi connectivity index (χ3v) is 8.80. The number of rotatable bonds is 7. The molecule has 0 amide bonds. The molecule has 304 valence electrons. The van der Waals surface area contributed by atoms with Crippen LogP contribution in [0.5, 0.6) is 11.8 Å². The number of hydrogen-bond donors (Lipinski definition) is 3. The average molecular weight is 868 g/mol. The van der Waals surface area contributed by atoms with Gasteiger partial charge in [0.25, 0.3) is 0 Å². The molecule has 2 atom stereocenters. The number of halogens is 5. The predicted molar refractivity (Wildman–Crippen MR) is 211 cm³/mol. The van der Waals surface area contributed by atoms with Crippen LogP contribution in [-0.4, -0.2) is 68.6 Å². The van der Waals surface area contributed by atoms with Crippen molar-refractivity contribution in [1.82, 2.24) is 40.4 Å². The number of aryl methyl sites for hydroxylation is 2. The molecule has 4 aromatic heterocycles. The minimum absolute atomic E-state index is 0. The zero-order valence-corrected chi connectivity index (χ0v) is 32.4. The number of hydroxylamine groups is 2. The van der Waals surface area contributed by atoms with Crippen LogP contribution >= 0.6 is 15.9 Å². The van der Waals surface area contributed by atoms with E-state index >= 15 is 0 Å². The van der Waals surface area contributed by atoms with Crippen molar-refractivity contribution in [2.24, 2.45) is 9.98 Å². The molecule has 8 rings (SSSR count). The predicted octanol–water partition coefficient (Wildman–Crippen LogP) is 7.39. The maximum absolute atomic E-state index is 13.5. The van der Waals surface area contributed by atoms with Crippen LogP contribution in [0.3, 0.4) is 0 Å². The number of pyridine rings is 2. The summed E-state index contributed by atoms with van der Waals surface area (Å²) in [6, 6.07) is 13.5. The first kappa shape index (κ1) is 43.0. The Morgan fingerprint density at radius 3 is 1.74 bits per heavy atom. The molecule has 14 nitrogen and oxygen atoms in total. The van der Waals surface area contributed by atoms with Gasteiger partial charge in [-0.3, -0.25) is 19.7 Å². The van der Waals surface area contributed by atoms with Gasteiger partial charge in [0, 0.05) is 18.1 Å². The quantitative estimate of drug-likeness (QED) is 0.138. The number of amidine groups is 2. The molecule has 2 unspecified atom stereocenters. The lowest BCUT2D eigenvalue weighted by Crippen LogP contribution is -2.33. The Labute approximate surface area is 339 Å². The summed E-state index contributed by atoms with van der Waals surface area (Å²) < 4.78 is 66.2. The number of hydrogen-bond acceptors (Lipinski definition) is 12. The molecule has 0 radical (unpaired) electrons. The fraction of sp³-hybridized carbons (Fsp3) is 0.231. The normalized spacial score (nSPS) is 15.7. The van der Waals surface area contributed by atoms with Crippen molar-refractivity contribution in [2.75, 3.05) is 27.4 Å². The van der Waals surface area contributed by atoms with Crippen molar-refractivity contribution in [3.8, 4) is 17.4 Å². The molecule has 58 heavy (non-hydrogen) atoms. The summed E-state index contributed by atoms with van der Waals surface area (Å²) in [5, 5.41) is 0. The summed E-state index contributed by atoms with van der Waals surface area (Å²) in [7, 11) is 3.03. The van der Waals surface area contributed by atoms with E-state index in [-0.39, 0.29) is 20.6 Å². The van der Waals surface area contributed by atoms with Crippen molar-refractivity contribution in [3.63, 3.8) is 0 Å². The number of aromatic amines is 1. The first-order valence-corrected chi connectivity index (χ1v) is 17.9. The lowest BCUT2D eigenvalue weighted by Gasteiger charge is -2.22. The molecule has 0 spiro atoms. The van der Waals surface area contributed by atoms with Crippen LogP contribution in [0, 0.1) is 37.1 Å². The third-order valence-electron chi connectivity index (χ3n) is 8.20. The summed E-state index contributed by atoms with van der Waals surface area (Å²) in [6.07, 6.45) is 6.97. The molecule has 2 aliphatic heterocycles. The standard InChI is InChI=1S/C19H17F2N5O2.C15H12BrF2N3O2.C4H6N2.CH4/c1-11-8-26(10-22-11)17-6-5-15(24-19(17)27-2)18-23-16(9-28-25-18)12-3-4-13(20)14(21)7-12;1-22-15-9(16)3-5-12(20-15)14-19-13(7-23-21-14)8-2-4-10(17)11(18)6-8;1-4-2-5-3-6-4;/h3-8,10,16H,9H2,1-2H3,(H,23,25);2-6,13H,7H2,1H3,(H,19,21);2-3H,1H3,(H,5,6);1H4. The van der Waals surface area contributed by atoms with Crippen molar-refractivity contribution >= 4 is 27.6 Å². The Hall–Kier alpha value is -6.18. The van der Waals surface area contributed by atoms with E-state index in [1.165, 1.54) is 26.4 Å². The smallest absolute Gasteiger partial charge is 0.238 e. The van der Waals surface area contributed by atoms with E-state index in [9.17, 15) is 17.6 Å². The van der Waals surface area contributed by atoms with E-state index in [2.05, 4.69) is 61.8 Å². The largest absolute Gasteiger partial charge is 0.480 e. The Bertz CT molecular complexity index is 2380. The van der Waals surface area contributed by atoms with Gasteiger partial charge in [0.1, 0.15) is 42.4 Å². The molecule has 19 heteroatoms. The van der Waals surface area contributed by atoms with Gasteiger partial charge in [-0.05, 0) is 89.4 Å². The summed E-state index contributed by atoms with van der Waals surface area (Å²) in [4.78, 5) is 39.3. The van der Waals surface area contributed by atoms with Crippen LogP contribution in [0.4, 0.5) is 17.6 Å². The Morgan fingerprint density at radius 1 is 0.741 bits per heavy atom. The van der Waals surface area contributed by atoms with Crippen LogP contribution in [0.1, 0.15) is 53.4 Å². The van der Waals surface area contributed by atoms with Gasteiger partial charge in [0.2, 0.25) is 11.8 Å². The van der Waals surface area contributed by atoms with E-state index in [1.807, 2.05) is 30.7 Å². The first-order chi connectivity index (χ1) is 27.5. The molecule has 0 saturated heterocycles. The van der Waals surface area contributed by atoms with Crippen LogP contribution in [-0.2, 0) is 9.68 Å². The van der Waals surface area contributed by atoms with Crippen molar-refractivity contribution < 1.29 is 36.7 Å². The summed E-state index contributed by atoms with van der Waals surface area (Å²) in [5.74, 6) is -2.10. The van der Waals surface area contributed by atoms with Crippen LogP contribution in [0.25, 0.3) is 5.69 Å². The van der Waals surface area contributed by atoms with Crippen LogP contribution in [0.2, 0.25) is 0 Å². The third kappa shape index (κ3) is 10.6. The van der Waals surface area contributed by atoms with E-state index < -0.39 is 35.4 Å². The Kier molecular flexibility index (Phi) is 14.7. The highest BCUT2D eigenvalue weighted by Crippen LogP contribution is 2.27. The van der Waals surface area contributed by atoms with Crippen molar-refractivity contribution in [3.05, 3.63) is 147 Å². The van der Waals surface area contributed by atoms with Gasteiger partial charge < -0.3 is 19.0 Å². The maximum atomic E-state index is 13.5. The summed E-state index contributed by atoms with van der Waals surface area (Å²) in [6.45, 7) is 4.23. The number of nitrogens with one attached hydrogen (secondary N) is 3. The molecule has 0 saturated carbocycles. The highest BCUT2D eigenvalue weighted by atomic mass is 79.9. The molecular weight excluding hydrogens is 828 g/mol. The van der Waals surface area contributed by atoms with Gasteiger partial charge in [0.05, 0.1) is 37.0 Å². The Balaban J connectivity index is 0.000000193. The molecule has 2 aliphatic rings. The van der Waals surface area contributed by atoms with E-state index in [0.29, 0.717) is 50.4 Å². The summed E-state index contributed by atoms with van der Waals surface area (Å²) in [5.41, 5.74) is 10.1. The number of ether oxygens (including phenoxy) is 2. The zero-order valence-electron chi connectivity index (χ0n) is 30.8. The molecular formula is C39H39BrF4N10O4. The molecule has 6 heterocycles. The number of aromatic nitrogens is 6. The fourth-order valence-electron chi connectivity index (χ4n) is 5.32. The zero-order chi connectivity index (χ0) is 40.5. The Morgan fingerprint density at radius 2 is 1.29 bits per heavy atom. The number of nitrogens with zero attached hydrogens (tertiary/aromatic N) is 7. The second kappa shape index (κ2) is 19.8. The van der Waals surface area contributed by atoms with Crippen LogP contribution in [0.15, 0.2) is 100 Å². The topological polar surface area (TPSA) is 158 Å². The number of H-pyrrole nitrogens is 1. The molecule has 0 fully saturated rings. The first-order valence-electron chi connectivity index (χ1n) is 17.1. The van der Waals surface area contributed by atoms with E-state index in [0.717, 1.165) is 41.3 Å². The van der Waals surface area contributed by atoms with Gasteiger partial charge in [-0.1, -0.05) is 19.6 Å². The monoisotopic (exact) mass is 866 g/mol. The number of methoxy groups -OCH3 is 2. The van der Waals surface area contributed by atoms with Gasteiger partial charge in [-0.25, -0.2) is 48.5 Å². The number of benzene rings is 2.